The van der Waals surface area contributed by atoms with Crippen molar-refractivity contribution in [2.45, 2.75) is 51.4 Å². The molecular formula is C48H37N3S. The standard InChI is InChI=1S/C48H37N3S/c1-3-14-30(15-4-1)40-29-41(31-16-5-2-6-17-31)50-48(49-40)39-28-45-46(36-22-10-9-20-34(36)39)37-23-13-25-43(47(37)52-45)51-42-24-12-11-21-35(42)38-26-32-18-7-8-19-33(32)27-44(38)51/h1-6,9-10,12,14-17,20,22,24-29H,7-8,11,13,18-19,21,23H2. The quantitative estimate of drug-likeness (QED) is 0.184. The number of benzene rings is 5. The normalized spacial score (nSPS) is 15.1. The summed E-state index contributed by atoms with van der Waals surface area (Å²) in [6.07, 6.45) is 16.6. The van der Waals surface area contributed by atoms with Crippen LogP contribution in [-0.4, -0.2) is 14.5 Å². The highest BCUT2D eigenvalue weighted by Crippen LogP contribution is 2.48. The monoisotopic (exact) mass is 687 g/mol. The molecule has 3 aliphatic carbocycles. The van der Waals surface area contributed by atoms with Crippen LogP contribution in [0.25, 0.3) is 77.4 Å². The van der Waals surface area contributed by atoms with E-state index in [0.717, 1.165) is 59.6 Å². The van der Waals surface area contributed by atoms with E-state index in [1.807, 2.05) is 11.3 Å². The third-order valence-corrected chi connectivity index (χ3v) is 12.7. The zero-order chi connectivity index (χ0) is 34.2. The fourth-order valence-corrected chi connectivity index (χ4v) is 10.4. The largest absolute Gasteiger partial charge is 0.308 e. The summed E-state index contributed by atoms with van der Waals surface area (Å²) < 4.78 is 3.93. The maximum absolute atomic E-state index is 5.28. The molecule has 0 unspecified atom stereocenters. The molecule has 5 aromatic carbocycles. The topological polar surface area (TPSA) is 30.7 Å². The summed E-state index contributed by atoms with van der Waals surface area (Å²) >= 11 is 1.95. The lowest BCUT2D eigenvalue weighted by molar-refractivity contribution is 0.687. The summed E-state index contributed by atoms with van der Waals surface area (Å²) in [7, 11) is 0. The molecule has 11 rings (SSSR count). The molecule has 3 aliphatic rings. The van der Waals surface area contributed by atoms with Gasteiger partial charge in [-0.1, -0.05) is 97.1 Å². The summed E-state index contributed by atoms with van der Waals surface area (Å²) in [6, 6.07) is 39.5. The van der Waals surface area contributed by atoms with Crippen molar-refractivity contribution in [3.05, 3.63) is 154 Å². The molecule has 0 amide bonds. The van der Waals surface area contributed by atoms with Gasteiger partial charge in [0, 0.05) is 37.9 Å². The number of hydrogen-bond donors (Lipinski definition) is 0. The van der Waals surface area contributed by atoms with Gasteiger partial charge in [-0.3, -0.25) is 0 Å². The molecule has 0 spiro atoms. The van der Waals surface area contributed by atoms with Crippen molar-refractivity contribution in [3.8, 4) is 33.9 Å². The molecule has 3 heterocycles. The second-order valence-corrected chi connectivity index (χ2v) is 15.6. The molecule has 0 saturated carbocycles. The van der Waals surface area contributed by atoms with Gasteiger partial charge in [-0.15, -0.1) is 11.3 Å². The van der Waals surface area contributed by atoms with Gasteiger partial charge in [0.1, 0.15) is 0 Å². The third kappa shape index (κ3) is 4.70. The first-order valence-corrected chi connectivity index (χ1v) is 19.6. The number of aromatic nitrogens is 3. The maximum Gasteiger partial charge on any atom is 0.161 e. The van der Waals surface area contributed by atoms with Crippen LogP contribution >= 0.6 is 11.3 Å². The van der Waals surface area contributed by atoms with Crippen molar-refractivity contribution in [3.63, 3.8) is 0 Å². The highest BCUT2D eigenvalue weighted by atomic mass is 32.1. The van der Waals surface area contributed by atoms with Crippen molar-refractivity contribution in [1.29, 1.82) is 0 Å². The Bertz CT molecular complexity index is 2720. The van der Waals surface area contributed by atoms with Crippen molar-refractivity contribution in [2.24, 2.45) is 0 Å². The smallest absolute Gasteiger partial charge is 0.161 e. The van der Waals surface area contributed by atoms with Crippen LogP contribution in [0.4, 0.5) is 0 Å². The average Bonchev–Trinajstić information content (AvgIpc) is 3.76. The van der Waals surface area contributed by atoms with Crippen LogP contribution in [0.1, 0.15) is 58.5 Å². The van der Waals surface area contributed by atoms with E-state index in [2.05, 4.69) is 132 Å². The van der Waals surface area contributed by atoms with Crippen LogP contribution in [0, 0.1) is 0 Å². The lowest BCUT2D eigenvalue weighted by atomic mass is 9.89. The fraction of sp³-hybridized carbons (Fsp3) is 0.167. The van der Waals surface area contributed by atoms with Gasteiger partial charge in [-0.05, 0) is 115 Å². The first-order chi connectivity index (χ1) is 25.8. The van der Waals surface area contributed by atoms with Gasteiger partial charge >= 0.3 is 0 Å². The second-order valence-electron chi connectivity index (χ2n) is 14.6. The number of nitrogens with zero attached hydrogens (tertiary/aromatic N) is 3. The first-order valence-electron chi connectivity index (χ1n) is 18.8. The summed E-state index contributed by atoms with van der Waals surface area (Å²) in [4.78, 5) is 12.0. The highest BCUT2D eigenvalue weighted by molar-refractivity contribution is 7.20. The van der Waals surface area contributed by atoms with Gasteiger partial charge < -0.3 is 4.57 Å². The Hall–Kier alpha value is -5.58. The highest BCUT2D eigenvalue weighted by Gasteiger charge is 2.28. The minimum absolute atomic E-state index is 0.765. The van der Waals surface area contributed by atoms with E-state index in [0.29, 0.717) is 0 Å². The molecule has 0 atom stereocenters. The van der Waals surface area contributed by atoms with Gasteiger partial charge in [0.15, 0.2) is 5.82 Å². The molecule has 52 heavy (non-hydrogen) atoms. The van der Waals surface area contributed by atoms with Gasteiger partial charge in [0.05, 0.1) is 27.5 Å². The second kappa shape index (κ2) is 12.0. The number of hydrogen-bond acceptors (Lipinski definition) is 3. The van der Waals surface area contributed by atoms with E-state index in [1.165, 1.54) is 84.8 Å². The number of rotatable bonds is 4. The van der Waals surface area contributed by atoms with Gasteiger partial charge in [-0.2, -0.15) is 0 Å². The lowest BCUT2D eigenvalue weighted by Gasteiger charge is -2.20. The molecule has 0 fully saturated rings. The first kappa shape index (κ1) is 30.1. The van der Waals surface area contributed by atoms with E-state index in [-0.39, 0.29) is 0 Å². The van der Waals surface area contributed by atoms with E-state index in [1.54, 1.807) is 11.1 Å². The molecule has 8 aromatic rings. The Kier molecular flexibility index (Phi) is 6.94. The molecule has 0 bridgehead atoms. The molecule has 0 radical (unpaired) electrons. The van der Waals surface area contributed by atoms with Crippen LogP contribution < -0.4 is 0 Å². The van der Waals surface area contributed by atoms with Crippen molar-refractivity contribution in [1.82, 2.24) is 14.5 Å². The van der Waals surface area contributed by atoms with Crippen LogP contribution in [0.15, 0.2) is 121 Å². The third-order valence-electron chi connectivity index (χ3n) is 11.5. The van der Waals surface area contributed by atoms with Crippen LogP contribution in [0.2, 0.25) is 0 Å². The van der Waals surface area contributed by atoms with Crippen molar-refractivity contribution in [2.75, 3.05) is 0 Å². The van der Waals surface area contributed by atoms with E-state index < -0.39 is 0 Å². The van der Waals surface area contributed by atoms with Crippen LogP contribution in [0.5, 0.6) is 0 Å². The van der Waals surface area contributed by atoms with Gasteiger partial charge in [0.2, 0.25) is 0 Å². The van der Waals surface area contributed by atoms with Crippen LogP contribution in [0.3, 0.4) is 0 Å². The molecule has 4 heteroatoms. The zero-order valence-corrected chi connectivity index (χ0v) is 29.8. The SMILES string of the molecule is C1=Cc2c(c3cc4c(cc3n2C2=CCCc3c2sc2cc(-c5nc(-c6ccccc6)cc(-c6ccccc6)n5)c5ccccc5c32)CCCC4)CC1. The fourth-order valence-electron chi connectivity index (χ4n) is 9.10. The summed E-state index contributed by atoms with van der Waals surface area (Å²) in [5, 5.41) is 5.35. The van der Waals surface area contributed by atoms with Crippen LogP contribution in [-0.2, 0) is 25.7 Å². The number of allylic oxidation sites excluding steroid dienone is 2. The Morgan fingerprint density at radius 1 is 0.596 bits per heavy atom. The molecule has 0 aliphatic heterocycles. The predicted octanol–water partition coefficient (Wildman–Crippen LogP) is 12.5. The number of aryl methyl sites for hydroxylation is 4. The summed E-state index contributed by atoms with van der Waals surface area (Å²) in [5.41, 5.74) is 15.4. The molecule has 3 aromatic heterocycles. The Morgan fingerprint density at radius 2 is 1.27 bits per heavy atom. The van der Waals surface area contributed by atoms with Crippen molar-refractivity contribution >= 4 is 54.9 Å². The Morgan fingerprint density at radius 3 is 2.02 bits per heavy atom. The van der Waals surface area contributed by atoms with Crippen molar-refractivity contribution < 1.29 is 0 Å². The van der Waals surface area contributed by atoms with Gasteiger partial charge in [0.25, 0.3) is 0 Å². The lowest BCUT2D eigenvalue weighted by Crippen LogP contribution is -2.08. The molecule has 0 N–H and O–H groups in total. The minimum Gasteiger partial charge on any atom is -0.308 e. The predicted molar refractivity (Wildman–Crippen MR) is 219 cm³/mol. The van der Waals surface area contributed by atoms with E-state index >= 15 is 0 Å². The number of fused-ring (bicyclic) bond motifs is 9. The van der Waals surface area contributed by atoms with E-state index in [4.69, 9.17) is 9.97 Å². The minimum atomic E-state index is 0.765. The molecule has 0 saturated heterocycles. The number of thiophene rings is 1. The molecule has 250 valence electrons. The van der Waals surface area contributed by atoms with Gasteiger partial charge in [-0.25, -0.2) is 9.97 Å². The molecular weight excluding hydrogens is 651 g/mol. The average molecular weight is 688 g/mol. The maximum atomic E-state index is 5.28. The Labute approximate surface area is 307 Å². The Balaban J connectivity index is 1.14. The zero-order valence-electron chi connectivity index (χ0n) is 29.0. The summed E-state index contributed by atoms with van der Waals surface area (Å²) in [5.74, 6) is 0.765. The summed E-state index contributed by atoms with van der Waals surface area (Å²) in [6.45, 7) is 0. The molecule has 3 nitrogen and oxygen atoms in total. The van der Waals surface area contributed by atoms with E-state index in [9.17, 15) is 0 Å².